The maximum absolute atomic E-state index is 11.9. The van der Waals surface area contributed by atoms with Crippen LogP contribution in [0.2, 0.25) is 0 Å². The lowest BCUT2D eigenvalue weighted by Gasteiger charge is -2.17. The van der Waals surface area contributed by atoms with Gasteiger partial charge >= 0.3 is 0 Å². The predicted octanol–water partition coefficient (Wildman–Crippen LogP) is 4.25. The molecule has 0 aromatic carbocycles. The highest BCUT2D eigenvalue weighted by atomic mass is 79.9. The third kappa shape index (κ3) is 4.07. The third-order valence-corrected chi connectivity index (χ3v) is 3.66. The van der Waals surface area contributed by atoms with Gasteiger partial charge in [-0.1, -0.05) is 20.8 Å². The second-order valence-corrected chi connectivity index (χ2v) is 7.00. The zero-order valence-corrected chi connectivity index (χ0v) is 13.7. The van der Waals surface area contributed by atoms with Crippen molar-refractivity contribution in [3.05, 3.63) is 29.1 Å². The van der Waals surface area contributed by atoms with Crippen molar-refractivity contribution in [2.45, 2.75) is 40.0 Å². The van der Waals surface area contributed by atoms with Crippen LogP contribution in [0.15, 0.2) is 29.1 Å². The summed E-state index contributed by atoms with van der Waals surface area (Å²) in [5.41, 5.74) is 1.92. The topological polar surface area (TPSA) is 46.4 Å². The van der Waals surface area contributed by atoms with Gasteiger partial charge < -0.3 is 5.32 Å². The molecule has 0 radical (unpaired) electrons. The van der Waals surface area contributed by atoms with Gasteiger partial charge in [-0.25, -0.2) is 4.98 Å². The number of aromatic nitrogens is 2. The maximum Gasteiger partial charge on any atom is 0.224 e. The summed E-state index contributed by atoms with van der Waals surface area (Å²) in [6.07, 6.45) is 6.12. The standard InChI is InChI=1S/C15H20BrN3O/c1-15(2,3)8-4-5-14(20)18-11-6-7-13-17-9-12(16)19(13)10-11/h6-7,9-10H,4-5,8H2,1-3H3,(H,18,20). The van der Waals surface area contributed by atoms with Gasteiger partial charge in [-0.15, -0.1) is 0 Å². The first-order chi connectivity index (χ1) is 9.35. The predicted molar refractivity (Wildman–Crippen MR) is 84.8 cm³/mol. The Hall–Kier alpha value is -1.36. The number of anilines is 1. The van der Waals surface area contributed by atoms with E-state index in [0.717, 1.165) is 28.8 Å². The number of carbonyl (C=O) groups excluding carboxylic acids is 1. The Labute approximate surface area is 127 Å². The first-order valence-corrected chi connectivity index (χ1v) is 7.57. The SMILES string of the molecule is CC(C)(C)CCCC(=O)Nc1ccc2ncc(Br)n2c1. The van der Waals surface area contributed by atoms with E-state index in [-0.39, 0.29) is 11.3 Å². The van der Waals surface area contributed by atoms with Gasteiger partial charge in [0.15, 0.2) is 0 Å². The Balaban J connectivity index is 1.94. The van der Waals surface area contributed by atoms with Crippen molar-refractivity contribution in [3.8, 4) is 0 Å². The highest BCUT2D eigenvalue weighted by Crippen LogP contribution is 2.22. The number of halogens is 1. The summed E-state index contributed by atoms with van der Waals surface area (Å²) in [6.45, 7) is 6.57. The molecular formula is C15H20BrN3O. The van der Waals surface area contributed by atoms with E-state index < -0.39 is 0 Å². The fraction of sp³-hybridized carbons (Fsp3) is 0.467. The van der Waals surface area contributed by atoms with E-state index in [4.69, 9.17) is 0 Å². The molecule has 0 aliphatic heterocycles. The second kappa shape index (κ2) is 5.95. The van der Waals surface area contributed by atoms with Crippen LogP contribution in [0.25, 0.3) is 5.65 Å². The lowest BCUT2D eigenvalue weighted by molar-refractivity contribution is -0.116. The molecule has 0 aliphatic rings. The van der Waals surface area contributed by atoms with Crippen LogP contribution in [0.5, 0.6) is 0 Å². The summed E-state index contributed by atoms with van der Waals surface area (Å²) < 4.78 is 2.77. The third-order valence-electron chi connectivity index (χ3n) is 3.07. The van der Waals surface area contributed by atoms with Crippen LogP contribution >= 0.6 is 15.9 Å². The van der Waals surface area contributed by atoms with Crippen molar-refractivity contribution in [2.75, 3.05) is 5.32 Å². The highest BCUT2D eigenvalue weighted by molar-refractivity contribution is 9.10. The van der Waals surface area contributed by atoms with E-state index >= 15 is 0 Å². The number of hydrogen-bond donors (Lipinski definition) is 1. The van der Waals surface area contributed by atoms with Crippen LogP contribution in [0.1, 0.15) is 40.0 Å². The lowest BCUT2D eigenvalue weighted by atomic mass is 9.90. The van der Waals surface area contributed by atoms with Crippen LogP contribution in [-0.4, -0.2) is 15.3 Å². The molecule has 2 rings (SSSR count). The number of nitrogens with one attached hydrogen (secondary N) is 1. The molecule has 0 saturated carbocycles. The summed E-state index contributed by atoms with van der Waals surface area (Å²) in [7, 11) is 0. The minimum absolute atomic E-state index is 0.0600. The maximum atomic E-state index is 11.9. The van der Waals surface area contributed by atoms with Crippen LogP contribution in [0.3, 0.4) is 0 Å². The Kier molecular flexibility index (Phi) is 4.48. The largest absolute Gasteiger partial charge is 0.325 e. The van der Waals surface area contributed by atoms with E-state index in [1.165, 1.54) is 0 Å². The summed E-state index contributed by atoms with van der Waals surface area (Å²) in [4.78, 5) is 16.1. The molecule has 0 unspecified atom stereocenters. The van der Waals surface area contributed by atoms with Crippen LogP contribution < -0.4 is 5.32 Å². The number of imidazole rings is 1. The Morgan fingerprint density at radius 1 is 1.40 bits per heavy atom. The van der Waals surface area contributed by atoms with Crippen LogP contribution in [-0.2, 0) is 4.79 Å². The first-order valence-electron chi connectivity index (χ1n) is 6.78. The van der Waals surface area contributed by atoms with Gasteiger partial charge in [0, 0.05) is 12.6 Å². The average Bonchev–Trinajstić information content (AvgIpc) is 2.69. The summed E-state index contributed by atoms with van der Waals surface area (Å²) in [5, 5.41) is 2.93. The molecular weight excluding hydrogens is 318 g/mol. The number of hydrogen-bond acceptors (Lipinski definition) is 2. The van der Waals surface area contributed by atoms with E-state index in [1.807, 2.05) is 22.7 Å². The summed E-state index contributed by atoms with van der Waals surface area (Å²) in [5.74, 6) is 0.0600. The smallest absolute Gasteiger partial charge is 0.224 e. The van der Waals surface area contributed by atoms with Gasteiger partial charge in [0.25, 0.3) is 0 Å². The molecule has 0 aliphatic carbocycles. The minimum Gasteiger partial charge on any atom is -0.325 e. The Morgan fingerprint density at radius 3 is 2.85 bits per heavy atom. The van der Waals surface area contributed by atoms with Gasteiger partial charge in [0.2, 0.25) is 5.91 Å². The number of carbonyl (C=O) groups is 1. The molecule has 4 nitrogen and oxygen atoms in total. The molecule has 0 spiro atoms. The van der Waals surface area contributed by atoms with Crippen LogP contribution in [0.4, 0.5) is 5.69 Å². The van der Waals surface area contributed by atoms with Crippen LogP contribution in [0, 0.1) is 5.41 Å². The lowest BCUT2D eigenvalue weighted by Crippen LogP contribution is -2.13. The van der Waals surface area contributed by atoms with E-state index in [9.17, 15) is 4.79 Å². The van der Waals surface area contributed by atoms with Gasteiger partial charge in [0.1, 0.15) is 10.3 Å². The molecule has 0 bridgehead atoms. The Morgan fingerprint density at radius 2 is 2.15 bits per heavy atom. The molecule has 2 aromatic rings. The van der Waals surface area contributed by atoms with Crippen molar-refractivity contribution >= 4 is 33.2 Å². The van der Waals surface area contributed by atoms with Gasteiger partial charge in [-0.2, -0.15) is 0 Å². The molecule has 0 fully saturated rings. The number of rotatable bonds is 4. The molecule has 1 amide bonds. The molecule has 20 heavy (non-hydrogen) atoms. The van der Waals surface area contributed by atoms with Crippen molar-refractivity contribution in [2.24, 2.45) is 5.41 Å². The summed E-state index contributed by atoms with van der Waals surface area (Å²) >= 11 is 3.42. The van der Waals surface area contributed by atoms with E-state index in [2.05, 4.69) is 47.0 Å². The van der Waals surface area contributed by atoms with Gasteiger partial charge in [-0.05, 0) is 46.3 Å². The van der Waals surface area contributed by atoms with E-state index in [0.29, 0.717) is 6.42 Å². The van der Waals surface area contributed by atoms with Crippen molar-refractivity contribution in [1.29, 1.82) is 0 Å². The van der Waals surface area contributed by atoms with Gasteiger partial charge in [-0.3, -0.25) is 9.20 Å². The zero-order valence-electron chi connectivity index (χ0n) is 12.1. The van der Waals surface area contributed by atoms with Crippen molar-refractivity contribution in [1.82, 2.24) is 9.38 Å². The van der Waals surface area contributed by atoms with E-state index in [1.54, 1.807) is 6.20 Å². The molecule has 2 aromatic heterocycles. The highest BCUT2D eigenvalue weighted by Gasteiger charge is 2.11. The number of nitrogens with zero attached hydrogens (tertiary/aromatic N) is 2. The number of amides is 1. The number of fused-ring (bicyclic) bond motifs is 1. The molecule has 2 heterocycles. The molecule has 0 saturated heterocycles. The fourth-order valence-corrected chi connectivity index (χ4v) is 2.41. The molecule has 1 N–H and O–H groups in total. The zero-order chi connectivity index (χ0) is 14.8. The number of pyridine rings is 1. The molecule has 0 atom stereocenters. The average molecular weight is 338 g/mol. The molecule has 108 valence electrons. The normalized spacial score (nSPS) is 11.8. The monoisotopic (exact) mass is 337 g/mol. The fourth-order valence-electron chi connectivity index (χ4n) is 2.03. The van der Waals surface area contributed by atoms with Gasteiger partial charge in [0.05, 0.1) is 11.9 Å². The summed E-state index contributed by atoms with van der Waals surface area (Å²) in [6, 6.07) is 3.76. The first kappa shape index (κ1) is 15.0. The quantitative estimate of drug-likeness (QED) is 0.906. The minimum atomic E-state index is 0.0600. The second-order valence-electron chi connectivity index (χ2n) is 6.19. The van der Waals surface area contributed by atoms with Crippen molar-refractivity contribution < 1.29 is 4.79 Å². The molecule has 5 heteroatoms. The van der Waals surface area contributed by atoms with Crippen molar-refractivity contribution in [3.63, 3.8) is 0 Å². The Bertz CT molecular complexity index is 613.